The fourth-order valence-electron chi connectivity index (χ4n) is 1.95. The Balaban J connectivity index is 1.79. The average molecular weight is 291 g/mol. The number of rotatable bonds is 2. The van der Waals surface area contributed by atoms with E-state index >= 15 is 0 Å². The van der Waals surface area contributed by atoms with Crippen molar-refractivity contribution >= 4 is 11.3 Å². The maximum absolute atomic E-state index is 4.33. The van der Waals surface area contributed by atoms with Crippen LogP contribution in [0.1, 0.15) is 27.4 Å². The fraction of sp³-hybridized carbons (Fsp3) is 0.118. The molecule has 0 amide bonds. The molecular formula is C17H13N3S. The zero-order chi connectivity index (χ0) is 14.5. The summed E-state index contributed by atoms with van der Waals surface area (Å²) in [6, 6.07) is 6.06. The largest absolute Gasteiger partial charge is 0.264 e. The molecule has 102 valence electrons. The molecule has 3 heterocycles. The van der Waals surface area contributed by atoms with Crippen LogP contribution in [0.4, 0.5) is 0 Å². The van der Waals surface area contributed by atoms with E-state index in [0.29, 0.717) is 0 Å². The minimum Gasteiger partial charge on any atom is -0.264 e. The van der Waals surface area contributed by atoms with Crippen LogP contribution in [-0.2, 0) is 6.42 Å². The standard InChI is InChI=1S/C17H13N3S/c1-13-20-17(12-21-13)5-4-15-8-16(11-19-10-15)7-14-3-2-6-18-9-14/h2-3,6,8-12H,7H2,1H3. The number of nitrogens with zero attached hydrogens (tertiary/aromatic N) is 3. The molecule has 0 aliphatic carbocycles. The van der Waals surface area contributed by atoms with Crippen LogP contribution in [0.15, 0.2) is 48.4 Å². The Kier molecular flexibility index (Phi) is 4.04. The maximum Gasteiger partial charge on any atom is 0.124 e. The molecule has 4 heteroatoms. The zero-order valence-corrected chi connectivity index (χ0v) is 12.4. The van der Waals surface area contributed by atoms with E-state index in [4.69, 9.17) is 0 Å². The van der Waals surface area contributed by atoms with Gasteiger partial charge in [0.25, 0.3) is 0 Å². The first-order valence-corrected chi connectivity index (χ1v) is 7.44. The van der Waals surface area contributed by atoms with Crippen molar-refractivity contribution in [3.8, 4) is 11.8 Å². The molecule has 0 N–H and O–H groups in total. The quantitative estimate of drug-likeness (QED) is 0.680. The molecule has 0 saturated carbocycles. The predicted octanol–water partition coefficient (Wildman–Crippen LogP) is 3.23. The van der Waals surface area contributed by atoms with Gasteiger partial charge in [0, 0.05) is 42.2 Å². The number of hydrogen-bond acceptors (Lipinski definition) is 4. The molecule has 0 aromatic carbocycles. The fourth-order valence-corrected chi connectivity index (χ4v) is 2.49. The van der Waals surface area contributed by atoms with Gasteiger partial charge in [0.05, 0.1) is 5.01 Å². The summed E-state index contributed by atoms with van der Waals surface area (Å²) < 4.78 is 0. The van der Waals surface area contributed by atoms with Crippen LogP contribution < -0.4 is 0 Å². The van der Waals surface area contributed by atoms with Gasteiger partial charge in [0.2, 0.25) is 0 Å². The normalized spacial score (nSPS) is 9.95. The van der Waals surface area contributed by atoms with Crippen molar-refractivity contribution in [2.75, 3.05) is 0 Å². The van der Waals surface area contributed by atoms with Gasteiger partial charge in [-0.3, -0.25) is 9.97 Å². The van der Waals surface area contributed by atoms with Crippen molar-refractivity contribution in [3.63, 3.8) is 0 Å². The molecule has 3 nitrogen and oxygen atoms in total. The second-order valence-corrected chi connectivity index (χ2v) is 5.68. The molecule has 3 aromatic heterocycles. The summed E-state index contributed by atoms with van der Waals surface area (Å²) in [4.78, 5) is 12.7. The van der Waals surface area contributed by atoms with Crippen molar-refractivity contribution < 1.29 is 0 Å². The predicted molar refractivity (Wildman–Crippen MR) is 84.1 cm³/mol. The van der Waals surface area contributed by atoms with Crippen molar-refractivity contribution in [3.05, 3.63) is 75.8 Å². The number of pyridine rings is 2. The third kappa shape index (κ3) is 3.74. The Morgan fingerprint density at radius 1 is 1.10 bits per heavy atom. The van der Waals surface area contributed by atoms with E-state index in [1.807, 2.05) is 30.8 Å². The smallest absolute Gasteiger partial charge is 0.124 e. The number of thiazole rings is 1. The summed E-state index contributed by atoms with van der Waals surface area (Å²) in [7, 11) is 0. The minimum atomic E-state index is 0.812. The zero-order valence-electron chi connectivity index (χ0n) is 11.6. The van der Waals surface area contributed by atoms with Gasteiger partial charge < -0.3 is 0 Å². The number of hydrogen-bond donors (Lipinski definition) is 0. The second-order valence-electron chi connectivity index (χ2n) is 4.62. The van der Waals surface area contributed by atoms with Crippen LogP contribution in [0.25, 0.3) is 0 Å². The van der Waals surface area contributed by atoms with Gasteiger partial charge in [0.15, 0.2) is 0 Å². The molecule has 0 aliphatic rings. The van der Waals surface area contributed by atoms with Gasteiger partial charge in [-0.1, -0.05) is 12.0 Å². The molecule has 0 unspecified atom stereocenters. The Hall–Kier alpha value is -2.51. The highest BCUT2D eigenvalue weighted by Crippen LogP contribution is 2.10. The van der Waals surface area contributed by atoms with Gasteiger partial charge in [0.1, 0.15) is 5.69 Å². The molecule has 3 aromatic rings. The summed E-state index contributed by atoms with van der Waals surface area (Å²) in [5.74, 6) is 6.19. The van der Waals surface area contributed by atoms with E-state index in [1.165, 1.54) is 5.56 Å². The first-order valence-electron chi connectivity index (χ1n) is 6.56. The molecule has 3 rings (SSSR count). The molecule has 0 spiro atoms. The Morgan fingerprint density at radius 2 is 2.00 bits per heavy atom. The van der Waals surface area contributed by atoms with Crippen molar-refractivity contribution in [1.29, 1.82) is 0 Å². The Labute approximate surface area is 127 Å². The van der Waals surface area contributed by atoms with Crippen molar-refractivity contribution in [1.82, 2.24) is 15.0 Å². The van der Waals surface area contributed by atoms with Gasteiger partial charge in [-0.25, -0.2) is 4.98 Å². The van der Waals surface area contributed by atoms with Gasteiger partial charge in [-0.2, -0.15) is 0 Å². The highest BCUT2D eigenvalue weighted by molar-refractivity contribution is 7.09. The molecular weight excluding hydrogens is 278 g/mol. The minimum absolute atomic E-state index is 0.812. The number of aromatic nitrogens is 3. The van der Waals surface area contributed by atoms with E-state index in [1.54, 1.807) is 23.7 Å². The lowest BCUT2D eigenvalue weighted by Crippen LogP contribution is -1.91. The highest BCUT2D eigenvalue weighted by atomic mass is 32.1. The highest BCUT2D eigenvalue weighted by Gasteiger charge is 1.98. The molecule has 0 radical (unpaired) electrons. The van der Waals surface area contributed by atoms with Crippen molar-refractivity contribution in [2.24, 2.45) is 0 Å². The summed E-state index contributed by atoms with van der Waals surface area (Å²) >= 11 is 1.61. The first kappa shape index (κ1) is 13.5. The topological polar surface area (TPSA) is 38.7 Å². The van der Waals surface area contributed by atoms with Crippen LogP contribution >= 0.6 is 11.3 Å². The van der Waals surface area contributed by atoms with Gasteiger partial charge in [-0.05, 0) is 36.1 Å². The van der Waals surface area contributed by atoms with E-state index in [2.05, 4.69) is 38.9 Å². The average Bonchev–Trinajstić information content (AvgIpc) is 2.92. The summed E-state index contributed by atoms with van der Waals surface area (Å²) in [5.41, 5.74) is 4.01. The van der Waals surface area contributed by atoms with Crippen LogP contribution in [0.2, 0.25) is 0 Å². The third-order valence-corrected chi connectivity index (χ3v) is 3.65. The second kappa shape index (κ2) is 6.29. The molecule has 21 heavy (non-hydrogen) atoms. The summed E-state index contributed by atoms with van der Waals surface area (Å²) in [6.45, 7) is 1.98. The number of aryl methyl sites for hydroxylation is 1. The first-order chi connectivity index (χ1) is 10.3. The Morgan fingerprint density at radius 3 is 2.76 bits per heavy atom. The third-order valence-electron chi connectivity index (χ3n) is 2.88. The van der Waals surface area contributed by atoms with E-state index in [-0.39, 0.29) is 0 Å². The van der Waals surface area contributed by atoms with Gasteiger partial charge >= 0.3 is 0 Å². The molecule has 0 atom stereocenters. The molecule has 0 fully saturated rings. The van der Waals surface area contributed by atoms with Crippen molar-refractivity contribution in [2.45, 2.75) is 13.3 Å². The van der Waals surface area contributed by atoms with E-state index < -0.39 is 0 Å². The van der Waals surface area contributed by atoms with Crippen LogP contribution in [0, 0.1) is 18.8 Å². The van der Waals surface area contributed by atoms with Crippen LogP contribution in [-0.4, -0.2) is 15.0 Å². The summed E-state index contributed by atoms with van der Waals surface area (Å²) in [5, 5.41) is 3.00. The lowest BCUT2D eigenvalue weighted by Gasteiger charge is -2.01. The molecule has 0 saturated heterocycles. The monoisotopic (exact) mass is 291 g/mol. The molecule has 0 bridgehead atoms. The maximum atomic E-state index is 4.33. The van der Waals surface area contributed by atoms with E-state index in [9.17, 15) is 0 Å². The van der Waals surface area contributed by atoms with Crippen LogP contribution in [0.3, 0.4) is 0 Å². The lowest BCUT2D eigenvalue weighted by molar-refractivity contribution is 1.11. The molecule has 0 aliphatic heterocycles. The van der Waals surface area contributed by atoms with E-state index in [0.717, 1.165) is 28.2 Å². The SMILES string of the molecule is Cc1nc(C#Cc2cncc(Cc3cccnc3)c2)cs1. The van der Waals surface area contributed by atoms with Gasteiger partial charge in [-0.15, -0.1) is 11.3 Å². The summed E-state index contributed by atoms with van der Waals surface area (Å²) in [6.07, 6.45) is 8.10. The Bertz CT molecular complexity index is 797. The van der Waals surface area contributed by atoms with Crippen LogP contribution in [0.5, 0.6) is 0 Å². The lowest BCUT2D eigenvalue weighted by atomic mass is 10.1.